The van der Waals surface area contributed by atoms with Crippen LogP contribution < -0.4 is 10.6 Å². The highest BCUT2D eigenvalue weighted by atomic mass is 16.3. The highest BCUT2D eigenvalue weighted by Crippen LogP contribution is 2.24. The number of phenols is 1. The fraction of sp³-hybridized carbons (Fsp3) is 0.211. The molecule has 0 radical (unpaired) electrons. The van der Waals surface area contributed by atoms with E-state index >= 15 is 0 Å². The monoisotopic (exact) mass is 350 g/mol. The van der Waals surface area contributed by atoms with Crippen LogP contribution in [0, 0.1) is 0 Å². The molecule has 0 aliphatic heterocycles. The molecule has 134 valence electrons. The van der Waals surface area contributed by atoms with Gasteiger partial charge in [-0.05, 0) is 50.5 Å². The number of hydrogen-bond donors (Lipinski definition) is 3. The number of anilines is 3. The number of nitrogens with zero attached hydrogens (tertiary/aromatic N) is 4. The quantitative estimate of drug-likeness (QED) is 0.565. The zero-order chi connectivity index (χ0) is 18.4. The Balaban J connectivity index is 1.87. The zero-order valence-corrected chi connectivity index (χ0v) is 14.8. The second kappa shape index (κ2) is 8.26. The number of phenolic OH excluding ortho intramolecular Hbond substituents is 1. The molecule has 0 saturated carbocycles. The van der Waals surface area contributed by atoms with Gasteiger partial charge in [-0.25, -0.2) is 4.98 Å². The van der Waals surface area contributed by atoms with Gasteiger partial charge in [0.1, 0.15) is 11.6 Å². The molecule has 26 heavy (non-hydrogen) atoms. The molecule has 1 aromatic carbocycles. The van der Waals surface area contributed by atoms with E-state index in [2.05, 4.69) is 30.5 Å². The molecule has 7 nitrogen and oxygen atoms in total. The standard InChI is InChI=1S/C19H22N6O/c1-25(2)12-11-21-19-23-17(14-7-9-20-10-8-14)13-18(24-19)22-15-3-5-16(26)6-4-15/h3-10,13,26H,11-12H2,1-2H3,(H2,21,22,23,24). The van der Waals surface area contributed by atoms with Crippen molar-refractivity contribution in [3.63, 3.8) is 0 Å². The van der Waals surface area contributed by atoms with Crippen LogP contribution in [-0.2, 0) is 0 Å². The minimum absolute atomic E-state index is 0.224. The van der Waals surface area contributed by atoms with Gasteiger partial charge in [-0.15, -0.1) is 0 Å². The summed E-state index contributed by atoms with van der Waals surface area (Å²) in [5.41, 5.74) is 2.60. The van der Waals surface area contributed by atoms with Crippen LogP contribution >= 0.6 is 0 Å². The van der Waals surface area contributed by atoms with E-state index in [4.69, 9.17) is 0 Å². The normalized spacial score (nSPS) is 10.7. The van der Waals surface area contributed by atoms with Crippen molar-refractivity contribution in [1.82, 2.24) is 19.9 Å². The summed E-state index contributed by atoms with van der Waals surface area (Å²) >= 11 is 0. The lowest BCUT2D eigenvalue weighted by Gasteiger charge is -2.13. The number of pyridine rings is 1. The summed E-state index contributed by atoms with van der Waals surface area (Å²) in [6, 6.07) is 12.6. The summed E-state index contributed by atoms with van der Waals surface area (Å²) in [5, 5.41) is 15.9. The molecule has 0 amide bonds. The second-order valence-corrected chi connectivity index (χ2v) is 6.10. The third kappa shape index (κ3) is 4.90. The molecule has 0 fully saturated rings. The topological polar surface area (TPSA) is 86.2 Å². The van der Waals surface area contributed by atoms with Crippen molar-refractivity contribution >= 4 is 17.5 Å². The SMILES string of the molecule is CN(C)CCNc1nc(Nc2ccc(O)cc2)cc(-c2ccncc2)n1. The number of benzene rings is 1. The van der Waals surface area contributed by atoms with Crippen LogP contribution in [0.25, 0.3) is 11.3 Å². The first kappa shape index (κ1) is 17.6. The Bertz CT molecular complexity index is 836. The summed E-state index contributed by atoms with van der Waals surface area (Å²) in [6.07, 6.45) is 3.48. The first-order chi connectivity index (χ1) is 12.6. The maximum absolute atomic E-state index is 9.43. The van der Waals surface area contributed by atoms with Crippen LogP contribution in [0.3, 0.4) is 0 Å². The van der Waals surface area contributed by atoms with Gasteiger partial charge in [0.15, 0.2) is 0 Å². The maximum Gasteiger partial charge on any atom is 0.225 e. The van der Waals surface area contributed by atoms with Crippen LogP contribution in [0.2, 0.25) is 0 Å². The number of hydrogen-bond acceptors (Lipinski definition) is 7. The molecule has 3 aromatic rings. The van der Waals surface area contributed by atoms with Crippen LogP contribution in [0.1, 0.15) is 0 Å². The number of aromatic hydroxyl groups is 1. The summed E-state index contributed by atoms with van der Waals surface area (Å²) in [5.74, 6) is 1.45. The Kier molecular flexibility index (Phi) is 5.60. The summed E-state index contributed by atoms with van der Waals surface area (Å²) in [6.45, 7) is 1.62. The van der Waals surface area contributed by atoms with Crippen LogP contribution in [0.4, 0.5) is 17.5 Å². The first-order valence-corrected chi connectivity index (χ1v) is 8.34. The van der Waals surface area contributed by atoms with E-state index in [9.17, 15) is 5.11 Å². The van der Waals surface area contributed by atoms with E-state index < -0.39 is 0 Å². The molecule has 2 aromatic heterocycles. The lowest BCUT2D eigenvalue weighted by Crippen LogP contribution is -2.21. The Morgan fingerprint density at radius 2 is 1.73 bits per heavy atom. The van der Waals surface area contributed by atoms with Gasteiger partial charge in [0.05, 0.1) is 5.69 Å². The Hall–Kier alpha value is -3.19. The lowest BCUT2D eigenvalue weighted by atomic mass is 10.2. The Morgan fingerprint density at radius 1 is 1.00 bits per heavy atom. The van der Waals surface area contributed by atoms with Gasteiger partial charge in [0, 0.05) is 42.8 Å². The smallest absolute Gasteiger partial charge is 0.225 e. The molecule has 3 N–H and O–H groups in total. The van der Waals surface area contributed by atoms with E-state index in [1.807, 2.05) is 32.3 Å². The van der Waals surface area contributed by atoms with E-state index in [0.29, 0.717) is 11.8 Å². The van der Waals surface area contributed by atoms with Gasteiger partial charge < -0.3 is 20.6 Å². The number of rotatable bonds is 7. The molecule has 0 atom stereocenters. The molecule has 7 heteroatoms. The van der Waals surface area contributed by atoms with Crippen molar-refractivity contribution in [2.45, 2.75) is 0 Å². The lowest BCUT2D eigenvalue weighted by molar-refractivity contribution is 0.425. The number of nitrogens with one attached hydrogen (secondary N) is 2. The zero-order valence-electron chi connectivity index (χ0n) is 14.8. The van der Waals surface area contributed by atoms with Crippen molar-refractivity contribution < 1.29 is 5.11 Å². The molecular formula is C19H22N6O. The molecular weight excluding hydrogens is 328 g/mol. The van der Waals surface area contributed by atoms with E-state index in [-0.39, 0.29) is 5.75 Å². The third-order valence-electron chi connectivity index (χ3n) is 3.68. The predicted octanol–water partition coefficient (Wildman–Crippen LogP) is 2.96. The van der Waals surface area contributed by atoms with Crippen LogP contribution in [0.15, 0.2) is 54.9 Å². The fourth-order valence-electron chi connectivity index (χ4n) is 2.34. The van der Waals surface area contributed by atoms with Crippen LogP contribution in [0.5, 0.6) is 5.75 Å². The third-order valence-corrected chi connectivity index (χ3v) is 3.68. The molecule has 0 aliphatic rings. The highest BCUT2D eigenvalue weighted by molar-refractivity contribution is 5.67. The molecule has 2 heterocycles. The molecule has 3 rings (SSSR count). The van der Waals surface area contributed by atoms with Gasteiger partial charge in [0.25, 0.3) is 0 Å². The molecule has 0 bridgehead atoms. The summed E-state index contributed by atoms with van der Waals surface area (Å²) < 4.78 is 0. The van der Waals surface area contributed by atoms with Crippen molar-refractivity contribution in [2.75, 3.05) is 37.8 Å². The highest BCUT2D eigenvalue weighted by Gasteiger charge is 2.07. The largest absolute Gasteiger partial charge is 0.508 e. The first-order valence-electron chi connectivity index (χ1n) is 8.34. The van der Waals surface area contributed by atoms with Gasteiger partial charge in [-0.2, -0.15) is 4.98 Å². The fourth-order valence-corrected chi connectivity index (χ4v) is 2.34. The van der Waals surface area contributed by atoms with Crippen molar-refractivity contribution in [3.8, 4) is 17.0 Å². The average Bonchev–Trinajstić information content (AvgIpc) is 2.64. The molecule has 0 saturated heterocycles. The summed E-state index contributed by atoms with van der Waals surface area (Å²) in [7, 11) is 4.04. The minimum atomic E-state index is 0.224. The van der Waals surface area contributed by atoms with Crippen LogP contribution in [-0.4, -0.2) is 52.1 Å². The number of aromatic nitrogens is 3. The molecule has 0 spiro atoms. The Morgan fingerprint density at radius 3 is 2.42 bits per heavy atom. The van der Waals surface area contributed by atoms with Gasteiger partial charge in [-0.1, -0.05) is 0 Å². The van der Waals surface area contributed by atoms with E-state index in [1.165, 1.54) is 0 Å². The summed E-state index contributed by atoms with van der Waals surface area (Å²) in [4.78, 5) is 15.3. The second-order valence-electron chi connectivity index (χ2n) is 6.10. The van der Waals surface area contributed by atoms with E-state index in [1.54, 1.807) is 36.7 Å². The van der Waals surface area contributed by atoms with Crippen molar-refractivity contribution in [2.24, 2.45) is 0 Å². The molecule has 0 aliphatic carbocycles. The predicted molar refractivity (Wildman–Crippen MR) is 104 cm³/mol. The number of likely N-dealkylation sites (N-methyl/N-ethyl adjacent to an activating group) is 1. The van der Waals surface area contributed by atoms with Gasteiger partial charge >= 0.3 is 0 Å². The van der Waals surface area contributed by atoms with Gasteiger partial charge in [0.2, 0.25) is 5.95 Å². The Labute approximate surface area is 152 Å². The average molecular weight is 350 g/mol. The maximum atomic E-state index is 9.43. The minimum Gasteiger partial charge on any atom is -0.508 e. The van der Waals surface area contributed by atoms with E-state index in [0.717, 1.165) is 30.0 Å². The molecule has 0 unspecified atom stereocenters. The van der Waals surface area contributed by atoms with Crippen molar-refractivity contribution in [3.05, 3.63) is 54.9 Å². The van der Waals surface area contributed by atoms with Gasteiger partial charge in [-0.3, -0.25) is 4.98 Å². The van der Waals surface area contributed by atoms with Crippen molar-refractivity contribution in [1.29, 1.82) is 0 Å².